The first-order valence-electron chi connectivity index (χ1n) is 7.79. The topological polar surface area (TPSA) is 29.3 Å². The van der Waals surface area contributed by atoms with E-state index in [1.807, 2.05) is 0 Å². The molecule has 0 aliphatic heterocycles. The van der Waals surface area contributed by atoms with Crippen LogP contribution in [0.15, 0.2) is 24.3 Å². The Morgan fingerprint density at radius 1 is 1.26 bits per heavy atom. The number of hydrogen-bond acceptors (Lipinski definition) is 2. The molecule has 2 heteroatoms. The number of aryl methyl sites for hydroxylation is 1. The molecule has 0 heterocycles. The van der Waals surface area contributed by atoms with Crippen molar-refractivity contribution in [1.29, 1.82) is 0 Å². The lowest BCUT2D eigenvalue weighted by atomic mass is 9.83. The van der Waals surface area contributed by atoms with Crippen molar-refractivity contribution in [3.05, 3.63) is 29.8 Å². The van der Waals surface area contributed by atoms with Gasteiger partial charge in [0.15, 0.2) is 0 Å². The van der Waals surface area contributed by atoms with Crippen LogP contribution in [0.4, 0.5) is 5.69 Å². The second-order valence-electron chi connectivity index (χ2n) is 5.83. The first kappa shape index (κ1) is 14.4. The smallest absolute Gasteiger partial charge is 0.0440 e. The van der Waals surface area contributed by atoms with E-state index in [9.17, 15) is 0 Å². The van der Waals surface area contributed by atoms with Gasteiger partial charge in [0, 0.05) is 24.8 Å². The molecule has 1 unspecified atom stereocenters. The van der Waals surface area contributed by atoms with Crippen molar-refractivity contribution in [2.75, 3.05) is 18.0 Å². The molecule has 1 fully saturated rings. The molecule has 1 saturated carbocycles. The molecule has 1 aromatic carbocycles. The van der Waals surface area contributed by atoms with Gasteiger partial charge in [-0.1, -0.05) is 31.4 Å². The zero-order valence-electron chi connectivity index (χ0n) is 12.4. The van der Waals surface area contributed by atoms with Crippen molar-refractivity contribution < 1.29 is 0 Å². The average Bonchev–Trinajstić information content (AvgIpc) is 2.45. The zero-order chi connectivity index (χ0) is 13.7. The molecule has 19 heavy (non-hydrogen) atoms. The minimum absolute atomic E-state index is 0.507. The number of rotatable bonds is 5. The van der Waals surface area contributed by atoms with Crippen LogP contribution in [0, 0.1) is 12.8 Å². The molecular formula is C17H28N2. The first-order chi connectivity index (χ1) is 9.26. The Labute approximate surface area is 118 Å². The van der Waals surface area contributed by atoms with E-state index in [2.05, 4.69) is 43.0 Å². The molecule has 0 spiro atoms. The van der Waals surface area contributed by atoms with Gasteiger partial charge in [-0.3, -0.25) is 0 Å². The number of nitrogens with zero attached hydrogens (tertiary/aromatic N) is 1. The number of hydrogen-bond donors (Lipinski definition) is 1. The van der Waals surface area contributed by atoms with Crippen LogP contribution in [-0.2, 0) is 0 Å². The van der Waals surface area contributed by atoms with Crippen molar-refractivity contribution in [2.24, 2.45) is 11.7 Å². The van der Waals surface area contributed by atoms with Crippen molar-refractivity contribution in [2.45, 2.75) is 52.0 Å². The fourth-order valence-corrected chi connectivity index (χ4v) is 3.51. The van der Waals surface area contributed by atoms with Crippen molar-refractivity contribution in [3.63, 3.8) is 0 Å². The van der Waals surface area contributed by atoms with E-state index in [0.29, 0.717) is 6.04 Å². The summed E-state index contributed by atoms with van der Waals surface area (Å²) in [7, 11) is 0. The highest BCUT2D eigenvalue weighted by Crippen LogP contribution is 2.31. The van der Waals surface area contributed by atoms with Crippen LogP contribution in [0.2, 0.25) is 0 Å². The Morgan fingerprint density at radius 2 is 2.00 bits per heavy atom. The maximum absolute atomic E-state index is 6.11. The minimum atomic E-state index is 0.507. The standard InChI is InChI=1S/C17H28N2/c1-3-19(16-11-7-8-14(2)12-16)17(13-18)15-9-5-4-6-10-15/h7-8,11-12,15,17H,3-6,9-10,13,18H2,1-2H3. The summed E-state index contributed by atoms with van der Waals surface area (Å²) in [6.45, 7) is 6.22. The Kier molecular flexibility index (Phi) is 5.26. The van der Waals surface area contributed by atoms with Gasteiger partial charge in [0.05, 0.1) is 0 Å². The Hall–Kier alpha value is -1.02. The Balaban J connectivity index is 2.17. The number of likely N-dealkylation sites (N-methyl/N-ethyl adjacent to an activating group) is 1. The highest BCUT2D eigenvalue weighted by molar-refractivity contribution is 5.49. The molecule has 1 atom stereocenters. The van der Waals surface area contributed by atoms with Crippen LogP contribution in [-0.4, -0.2) is 19.1 Å². The second-order valence-corrected chi connectivity index (χ2v) is 5.83. The van der Waals surface area contributed by atoms with Gasteiger partial charge < -0.3 is 10.6 Å². The molecule has 0 saturated heterocycles. The summed E-state index contributed by atoms with van der Waals surface area (Å²) in [5.41, 5.74) is 8.78. The van der Waals surface area contributed by atoms with Gasteiger partial charge in [-0.15, -0.1) is 0 Å². The van der Waals surface area contributed by atoms with Crippen molar-refractivity contribution >= 4 is 5.69 Å². The van der Waals surface area contributed by atoms with Crippen LogP contribution in [0.3, 0.4) is 0 Å². The summed E-state index contributed by atoms with van der Waals surface area (Å²) >= 11 is 0. The predicted molar refractivity (Wildman–Crippen MR) is 83.6 cm³/mol. The maximum Gasteiger partial charge on any atom is 0.0440 e. The lowest BCUT2D eigenvalue weighted by Gasteiger charge is -2.39. The second kappa shape index (κ2) is 6.95. The Bertz CT molecular complexity index is 383. The molecule has 0 bridgehead atoms. The molecule has 2 N–H and O–H groups in total. The predicted octanol–water partition coefficient (Wildman–Crippen LogP) is 3.73. The van der Waals surface area contributed by atoms with E-state index in [-0.39, 0.29) is 0 Å². The SMILES string of the molecule is CCN(c1cccc(C)c1)C(CN)C1CCCCC1. The van der Waals surface area contributed by atoms with Crippen LogP contribution < -0.4 is 10.6 Å². The normalized spacial score (nSPS) is 18.3. The quantitative estimate of drug-likeness (QED) is 0.874. The first-order valence-corrected chi connectivity index (χ1v) is 7.79. The fourth-order valence-electron chi connectivity index (χ4n) is 3.51. The van der Waals surface area contributed by atoms with Gasteiger partial charge in [-0.2, -0.15) is 0 Å². The highest BCUT2D eigenvalue weighted by atomic mass is 15.2. The number of benzene rings is 1. The molecule has 1 aliphatic rings. The summed E-state index contributed by atoms with van der Waals surface area (Å²) in [5.74, 6) is 0.777. The molecular weight excluding hydrogens is 232 g/mol. The fraction of sp³-hybridized carbons (Fsp3) is 0.647. The summed E-state index contributed by atoms with van der Waals surface area (Å²) in [5, 5.41) is 0. The van der Waals surface area contributed by atoms with Crippen molar-refractivity contribution in [1.82, 2.24) is 0 Å². The van der Waals surface area contributed by atoms with E-state index in [1.54, 1.807) is 0 Å². The van der Waals surface area contributed by atoms with Gasteiger partial charge in [0.25, 0.3) is 0 Å². The maximum atomic E-state index is 6.11. The third kappa shape index (κ3) is 3.50. The van der Waals surface area contributed by atoms with E-state index in [4.69, 9.17) is 5.73 Å². The van der Waals surface area contributed by atoms with E-state index >= 15 is 0 Å². The third-order valence-corrected chi connectivity index (χ3v) is 4.51. The molecule has 2 rings (SSSR count). The Morgan fingerprint density at radius 3 is 2.58 bits per heavy atom. The summed E-state index contributed by atoms with van der Waals surface area (Å²) in [6.07, 6.45) is 6.87. The zero-order valence-corrected chi connectivity index (χ0v) is 12.4. The number of nitrogens with two attached hydrogens (primary N) is 1. The molecule has 2 nitrogen and oxygen atoms in total. The molecule has 0 amide bonds. The van der Waals surface area contributed by atoms with Gasteiger partial charge in [-0.05, 0) is 50.3 Å². The van der Waals surface area contributed by atoms with Gasteiger partial charge in [0.2, 0.25) is 0 Å². The molecule has 106 valence electrons. The van der Waals surface area contributed by atoms with Crippen LogP contribution in [0.5, 0.6) is 0 Å². The summed E-state index contributed by atoms with van der Waals surface area (Å²) in [6, 6.07) is 9.33. The lowest BCUT2D eigenvalue weighted by Crippen LogP contribution is -2.46. The minimum Gasteiger partial charge on any atom is -0.367 e. The van der Waals surface area contributed by atoms with Gasteiger partial charge >= 0.3 is 0 Å². The van der Waals surface area contributed by atoms with E-state index in [0.717, 1.165) is 19.0 Å². The van der Waals surface area contributed by atoms with E-state index < -0.39 is 0 Å². The highest BCUT2D eigenvalue weighted by Gasteiger charge is 2.27. The van der Waals surface area contributed by atoms with Gasteiger partial charge in [0.1, 0.15) is 0 Å². The van der Waals surface area contributed by atoms with Crippen LogP contribution in [0.25, 0.3) is 0 Å². The third-order valence-electron chi connectivity index (χ3n) is 4.51. The summed E-state index contributed by atoms with van der Waals surface area (Å²) < 4.78 is 0. The lowest BCUT2D eigenvalue weighted by molar-refractivity contribution is 0.297. The molecule has 1 aromatic rings. The average molecular weight is 260 g/mol. The molecule has 0 aromatic heterocycles. The van der Waals surface area contributed by atoms with Crippen LogP contribution >= 0.6 is 0 Å². The van der Waals surface area contributed by atoms with E-state index in [1.165, 1.54) is 43.4 Å². The van der Waals surface area contributed by atoms with Crippen molar-refractivity contribution in [3.8, 4) is 0 Å². The monoisotopic (exact) mass is 260 g/mol. The van der Waals surface area contributed by atoms with Gasteiger partial charge in [-0.25, -0.2) is 0 Å². The number of anilines is 1. The van der Waals surface area contributed by atoms with Crippen LogP contribution in [0.1, 0.15) is 44.6 Å². The molecule has 0 radical (unpaired) electrons. The summed E-state index contributed by atoms with van der Waals surface area (Å²) in [4.78, 5) is 2.52. The molecule has 1 aliphatic carbocycles. The largest absolute Gasteiger partial charge is 0.367 e.